The van der Waals surface area contributed by atoms with Crippen molar-refractivity contribution in [2.24, 2.45) is 0 Å². The van der Waals surface area contributed by atoms with E-state index in [2.05, 4.69) is 11.9 Å². The van der Waals surface area contributed by atoms with Gasteiger partial charge in [-0.3, -0.25) is 9.59 Å². The quantitative estimate of drug-likeness (QED) is 0.626. The summed E-state index contributed by atoms with van der Waals surface area (Å²) in [5.41, 5.74) is 1.50. The highest BCUT2D eigenvalue weighted by molar-refractivity contribution is 5.90. The molecule has 0 radical (unpaired) electrons. The van der Waals surface area contributed by atoms with Crippen LogP contribution in [0.5, 0.6) is 5.75 Å². The van der Waals surface area contributed by atoms with Crippen molar-refractivity contribution in [3.8, 4) is 5.75 Å². The number of hydrogen-bond donors (Lipinski definition) is 1. The standard InChI is InChI=1S/C17H21NO3/c1-3-4-5-6-7-13-14-9-8-12(21-2)10-16(14)18-17(20)15(13)11-19/h8-11H,3-7H2,1-2H3,(H,18,20). The van der Waals surface area contributed by atoms with Crippen molar-refractivity contribution < 1.29 is 9.53 Å². The van der Waals surface area contributed by atoms with Crippen LogP contribution in [0.3, 0.4) is 0 Å². The highest BCUT2D eigenvalue weighted by atomic mass is 16.5. The monoisotopic (exact) mass is 287 g/mol. The largest absolute Gasteiger partial charge is 0.497 e. The van der Waals surface area contributed by atoms with Crippen molar-refractivity contribution >= 4 is 17.2 Å². The van der Waals surface area contributed by atoms with Gasteiger partial charge in [-0.1, -0.05) is 26.2 Å². The van der Waals surface area contributed by atoms with Crippen LogP contribution in [0.1, 0.15) is 48.5 Å². The maximum atomic E-state index is 12.0. The molecule has 0 amide bonds. The summed E-state index contributed by atoms with van der Waals surface area (Å²) in [6.45, 7) is 2.16. The van der Waals surface area contributed by atoms with E-state index in [1.54, 1.807) is 13.2 Å². The second kappa shape index (κ2) is 7.07. The molecule has 0 saturated carbocycles. The highest BCUT2D eigenvalue weighted by Crippen LogP contribution is 2.24. The van der Waals surface area contributed by atoms with Crippen molar-refractivity contribution in [2.75, 3.05) is 7.11 Å². The van der Waals surface area contributed by atoms with Crippen LogP contribution in [0, 0.1) is 0 Å². The molecule has 0 aliphatic heterocycles. The number of fused-ring (bicyclic) bond motifs is 1. The number of hydrogen-bond acceptors (Lipinski definition) is 3. The van der Waals surface area contributed by atoms with Gasteiger partial charge in [0, 0.05) is 11.5 Å². The third-order valence-corrected chi connectivity index (χ3v) is 3.77. The van der Waals surface area contributed by atoms with Gasteiger partial charge in [0.15, 0.2) is 6.29 Å². The fraction of sp³-hybridized carbons (Fsp3) is 0.412. The Balaban J connectivity index is 2.47. The van der Waals surface area contributed by atoms with Crippen molar-refractivity contribution in [3.63, 3.8) is 0 Å². The third-order valence-electron chi connectivity index (χ3n) is 3.77. The molecule has 1 N–H and O–H groups in total. The van der Waals surface area contributed by atoms with Crippen molar-refractivity contribution in [1.82, 2.24) is 4.98 Å². The molecule has 1 aromatic carbocycles. The summed E-state index contributed by atoms with van der Waals surface area (Å²) < 4.78 is 5.18. The number of pyridine rings is 1. The number of carbonyl (C=O) groups excluding carboxylic acids is 1. The molecule has 21 heavy (non-hydrogen) atoms. The molecule has 0 aliphatic carbocycles. The molecule has 112 valence electrons. The number of nitrogens with one attached hydrogen (secondary N) is 1. The van der Waals surface area contributed by atoms with E-state index in [4.69, 9.17) is 4.74 Å². The zero-order chi connectivity index (χ0) is 15.2. The van der Waals surface area contributed by atoms with E-state index in [0.29, 0.717) is 12.0 Å². The molecule has 0 saturated heterocycles. The number of unbranched alkanes of at least 4 members (excludes halogenated alkanes) is 3. The highest BCUT2D eigenvalue weighted by Gasteiger charge is 2.12. The molecule has 0 unspecified atom stereocenters. The smallest absolute Gasteiger partial charge is 0.259 e. The Labute approximate surface area is 124 Å². The number of ether oxygens (including phenoxy) is 1. The van der Waals surface area contributed by atoms with Crippen LogP contribution in [0.25, 0.3) is 10.9 Å². The maximum absolute atomic E-state index is 12.0. The minimum absolute atomic E-state index is 0.254. The van der Waals surface area contributed by atoms with E-state index < -0.39 is 0 Å². The molecule has 4 heteroatoms. The Morgan fingerprint density at radius 2 is 2.05 bits per heavy atom. The van der Waals surface area contributed by atoms with Crippen molar-refractivity contribution in [3.05, 3.63) is 39.7 Å². The molecular formula is C17H21NO3. The summed E-state index contributed by atoms with van der Waals surface area (Å²) >= 11 is 0. The van der Waals surface area contributed by atoms with E-state index in [1.165, 1.54) is 6.42 Å². The van der Waals surface area contributed by atoms with Crippen LogP contribution in [-0.2, 0) is 6.42 Å². The van der Waals surface area contributed by atoms with Gasteiger partial charge in [0.05, 0.1) is 18.2 Å². The number of aryl methyl sites for hydroxylation is 1. The van der Waals surface area contributed by atoms with Gasteiger partial charge in [-0.15, -0.1) is 0 Å². The Morgan fingerprint density at radius 1 is 1.24 bits per heavy atom. The van der Waals surface area contributed by atoms with Gasteiger partial charge in [-0.05, 0) is 30.5 Å². The number of rotatable bonds is 7. The SMILES string of the molecule is CCCCCCc1c(C=O)c(=O)[nH]c2cc(OC)ccc12. The minimum atomic E-state index is -0.323. The molecule has 2 aromatic rings. The van der Waals surface area contributed by atoms with Crippen LogP contribution in [0.2, 0.25) is 0 Å². The summed E-state index contributed by atoms with van der Waals surface area (Å²) in [6.07, 6.45) is 5.84. The van der Waals surface area contributed by atoms with E-state index in [0.717, 1.165) is 42.1 Å². The van der Waals surface area contributed by atoms with Crippen molar-refractivity contribution in [2.45, 2.75) is 39.0 Å². The molecule has 1 aromatic heterocycles. The molecule has 0 bridgehead atoms. The van der Waals surface area contributed by atoms with E-state index >= 15 is 0 Å². The molecule has 0 spiro atoms. The first-order valence-corrected chi connectivity index (χ1v) is 7.39. The summed E-state index contributed by atoms with van der Waals surface area (Å²) in [6, 6.07) is 5.55. The predicted octanol–water partition coefficient (Wildman–Crippen LogP) is 3.47. The Bertz CT molecular complexity index is 688. The molecule has 0 fully saturated rings. The molecule has 0 aliphatic rings. The lowest BCUT2D eigenvalue weighted by Gasteiger charge is -2.10. The van der Waals surface area contributed by atoms with Gasteiger partial charge in [0.25, 0.3) is 5.56 Å². The number of benzene rings is 1. The summed E-state index contributed by atoms with van der Waals surface area (Å²) in [4.78, 5) is 26.1. The topological polar surface area (TPSA) is 59.2 Å². The summed E-state index contributed by atoms with van der Waals surface area (Å²) in [7, 11) is 1.59. The van der Waals surface area contributed by atoms with E-state index in [9.17, 15) is 9.59 Å². The lowest BCUT2D eigenvalue weighted by molar-refractivity contribution is 0.112. The Hall–Kier alpha value is -2.10. The fourth-order valence-electron chi connectivity index (χ4n) is 2.61. The lowest BCUT2D eigenvalue weighted by Crippen LogP contribution is -2.16. The van der Waals surface area contributed by atoms with Crippen LogP contribution >= 0.6 is 0 Å². The number of carbonyl (C=O) groups is 1. The number of aromatic amines is 1. The fourth-order valence-corrected chi connectivity index (χ4v) is 2.61. The second-order valence-electron chi connectivity index (χ2n) is 5.19. The zero-order valence-electron chi connectivity index (χ0n) is 12.6. The van der Waals surface area contributed by atoms with Crippen molar-refractivity contribution in [1.29, 1.82) is 0 Å². The average molecular weight is 287 g/mol. The average Bonchev–Trinajstić information content (AvgIpc) is 2.50. The predicted molar refractivity (Wildman–Crippen MR) is 84.4 cm³/mol. The number of H-pyrrole nitrogens is 1. The lowest BCUT2D eigenvalue weighted by atomic mass is 9.98. The van der Waals surface area contributed by atoms with Gasteiger partial charge >= 0.3 is 0 Å². The van der Waals surface area contributed by atoms with Gasteiger partial charge in [0.1, 0.15) is 5.75 Å². The van der Waals surface area contributed by atoms with Gasteiger partial charge < -0.3 is 9.72 Å². The molecule has 1 heterocycles. The second-order valence-corrected chi connectivity index (χ2v) is 5.19. The van der Waals surface area contributed by atoms with Crippen LogP contribution < -0.4 is 10.3 Å². The summed E-state index contributed by atoms with van der Waals surface area (Å²) in [5.74, 6) is 0.689. The molecule has 2 rings (SSSR count). The van der Waals surface area contributed by atoms with E-state index in [-0.39, 0.29) is 11.1 Å². The van der Waals surface area contributed by atoms with Crippen LogP contribution in [0.15, 0.2) is 23.0 Å². The van der Waals surface area contributed by atoms with Gasteiger partial charge in [-0.2, -0.15) is 0 Å². The molecule has 4 nitrogen and oxygen atoms in total. The minimum Gasteiger partial charge on any atom is -0.497 e. The van der Waals surface area contributed by atoms with Crippen LogP contribution in [0.4, 0.5) is 0 Å². The number of aromatic nitrogens is 1. The maximum Gasteiger partial charge on any atom is 0.259 e. The number of methoxy groups -OCH3 is 1. The van der Waals surface area contributed by atoms with Gasteiger partial charge in [-0.25, -0.2) is 0 Å². The molecular weight excluding hydrogens is 266 g/mol. The van der Waals surface area contributed by atoms with E-state index in [1.807, 2.05) is 12.1 Å². The Kier molecular flexibility index (Phi) is 5.14. The third kappa shape index (κ3) is 3.32. The molecule has 0 atom stereocenters. The number of aldehydes is 1. The first kappa shape index (κ1) is 15.3. The Morgan fingerprint density at radius 3 is 2.71 bits per heavy atom. The zero-order valence-corrected chi connectivity index (χ0v) is 12.6. The first-order valence-electron chi connectivity index (χ1n) is 7.39. The van der Waals surface area contributed by atoms with Gasteiger partial charge in [0.2, 0.25) is 0 Å². The van der Waals surface area contributed by atoms with Crippen LogP contribution in [-0.4, -0.2) is 18.4 Å². The normalized spacial score (nSPS) is 10.8. The summed E-state index contributed by atoms with van der Waals surface area (Å²) in [5, 5.41) is 0.925. The first-order chi connectivity index (χ1) is 10.2.